The number of ether oxygens (including phenoxy) is 2. The Labute approximate surface area is 132 Å². The fourth-order valence-corrected chi connectivity index (χ4v) is 2.44. The molecule has 1 aliphatic heterocycles. The van der Waals surface area contributed by atoms with Crippen molar-refractivity contribution in [2.45, 2.75) is 51.4 Å². The largest absolute Gasteiger partial charge is 0.377 e. The maximum atomic E-state index is 12.3. The molecule has 0 unspecified atom stereocenters. The van der Waals surface area contributed by atoms with E-state index in [0.29, 0.717) is 13.1 Å². The Bertz CT molecular complexity index is 396. The molecule has 0 saturated carbocycles. The Balaban J connectivity index is 2.56. The molecule has 0 aliphatic carbocycles. The third-order valence-corrected chi connectivity index (χ3v) is 3.60. The summed E-state index contributed by atoms with van der Waals surface area (Å²) >= 11 is 0. The van der Waals surface area contributed by atoms with Crippen molar-refractivity contribution < 1.29 is 19.1 Å². The van der Waals surface area contributed by atoms with E-state index in [-0.39, 0.29) is 42.9 Å². The highest BCUT2D eigenvalue weighted by molar-refractivity contribution is 5.83. The zero-order chi connectivity index (χ0) is 16.5. The summed E-state index contributed by atoms with van der Waals surface area (Å²) in [7, 11) is 3.25. The minimum absolute atomic E-state index is 0.0221. The molecule has 22 heavy (non-hydrogen) atoms. The summed E-state index contributed by atoms with van der Waals surface area (Å²) in [5, 5.41) is 2.79. The lowest BCUT2D eigenvalue weighted by atomic mass is 10.1. The Morgan fingerprint density at radius 3 is 2.59 bits per heavy atom. The van der Waals surface area contributed by atoms with Crippen LogP contribution in [0.5, 0.6) is 0 Å². The maximum absolute atomic E-state index is 12.3. The van der Waals surface area contributed by atoms with E-state index in [0.717, 1.165) is 6.42 Å². The number of nitrogens with one attached hydrogen (secondary N) is 1. The van der Waals surface area contributed by atoms with Crippen LogP contribution in [0, 0.1) is 0 Å². The van der Waals surface area contributed by atoms with Crippen molar-refractivity contribution in [1.82, 2.24) is 10.2 Å². The van der Waals surface area contributed by atoms with Crippen molar-refractivity contribution >= 4 is 11.8 Å². The zero-order valence-corrected chi connectivity index (χ0v) is 14.0. The molecule has 2 amide bonds. The second kappa shape index (κ2) is 9.58. The minimum atomic E-state index is -0.199. The van der Waals surface area contributed by atoms with Crippen LogP contribution < -0.4 is 5.32 Å². The first-order valence-electron chi connectivity index (χ1n) is 7.77. The predicted octanol–water partition coefficient (Wildman–Crippen LogP) is 1.11. The Morgan fingerprint density at radius 1 is 1.27 bits per heavy atom. The quantitative estimate of drug-likeness (QED) is 0.746. The van der Waals surface area contributed by atoms with Gasteiger partial charge < -0.3 is 19.7 Å². The molecule has 1 aliphatic rings. The molecule has 0 aromatic carbocycles. The summed E-state index contributed by atoms with van der Waals surface area (Å²) in [5.41, 5.74) is 0. The molecular formula is C16H28N2O4. The summed E-state index contributed by atoms with van der Waals surface area (Å²) in [5.74, 6) is -0.112. The van der Waals surface area contributed by atoms with Gasteiger partial charge in [-0.25, -0.2) is 0 Å². The summed E-state index contributed by atoms with van der Waals surface area (Å²) < 4.78 is 10.8. The molecule has 0 saturated heterocycles. The van der Waals surface area contributed by atoms with Crippen molar-refractivity contribution in [3.05, 3.63) is 12.2 Å². The van der Waals surface area contributed by atoms with Crippen LogP contribution in [0.1, 0.15) is 33.1 Å². The molecule has 1 heterocycles. The molecule has 6 heteroatoms. The molecule has 0 fully saturated rings. The van der Waals surface area contributed by atoms with E-state index in [4.69, 9.17) is 9.47 Å². The van der Waals surface area contributed by atoms with E-state index >= 15 is 0 Å². The van der Waals surface area contributed by atoms with Crippen LogP contribution in [0.25, 0.3) is 0 Å². The van der Waals surface area contributed by atoms with Gasteiger partial charge in [0.25, 0.3) is 0 Å². The van der Waals surface area contributed by atoms with Crippen LogP contribution in [0.2, 0.25) is 0 Å². The van der Waals surface area contributed by atoms with Gasteiger partial charge in [-0.2, -0.15) is 0 Å². The molecule has 0 aromatic rings. The highest BCUT2D eigenvalue weighted by Crippen LogP contribution is 2.13. The third kappa shape index (κ3) is 6.15. The first kappa shape index (κ1) is 18.6. The van der Waals surface area contributed by atoms with E-state index < -0.39 is 0 Å². The van der Waals surface area contributed by atoms with Gasteiger partial charge in [0, 0.05) is 46.2 Å². The number of nitrogens with zero attached hydrogens (tertiary/aromatic N) is 1. The molecule has 0 radical (unpaired) electrons. The number of rotatable bonds is 6. The van der Waals surface area contributed by atoms with Gasteiger partial charge in [-0.15, -0.1) is 0 Å². The molecule has 6 nitrogen and oxygen atoms in total. The number of methoxy groups -OCH3 is 2. The predicted molar refractivity (Wildman–Crippen MR) is 84.4 cm³/mol. The van der Waals surface area contributed by atoms with Crippen molar-refractivity contribution in [2.75, 3.05) is 27.3 Å². The Hall–Kier alpha value is -1.40. The van der Waals surface area contributed by atoms with Crippen LogP contribution in [0.4, 0.5) is 0 Å². The second-order valence-electron chi connectivity index (χ2n) is 5.75. The molecule has 2 atom stereocenters. The van der Waals surface area contributed by atoms with Crippen LogP contribution in [0.3, 0.4) is 0 Å². The highest BCUT2D eigenvalue weighted by Gasteiger charge is 2.25. The van der Waals surface area contributed by atoms with Gasteiger partial charge in [-0.1, -0.05) is 12.2 Å². The molecular weight excluding hydrogens is 284 g/mol. The SMILES string of the molecule is CO[C@H]1/C=C\CCN(C(=O)CCC(=O)NC(C)C)C[C@@H]1OC. The van der Waals surface area contributed by atoms with Gasteiger partial charge in [0.05, 0.1) is 0 Å². The first-order chi connectivity index (χ1) is 10.5. The monoisotopic (exact) mass is 312 g/mol. The molecule has 0 bridgehead atoms. The first-order valence-corrected chi connectivity index (χ1v) is 7.77. The van der Waals surface area contributed by atoms with E-state index in [2.05, 4.69) is 5.32 Å². The Morgan fingerprint density at radius 2 is 2.00 bits per heavy atom. The lowest BCUT2D eigenvalue weighted by molar-refractivity contribution is -0.136. The molecule has 1 N–H and O–H groups in total. The highest BCUT2D eigenvalue weighted by atomic mass is 16.5. The number of hydrogen-bond acceptors (Lipinski definition) is 4. The average molecular weight is 312 g/mol. The summed E-state index contributed by atoms with van der Waals surface area (Å²) in [6.07, 6.45) is 4.84. The topological polar surface area (TPSA) is 67.9 Å². The number of carbonyl (C=O) groups excluding carboxylic acids is 2. The maximum Gasteiger partial charge on any atom is 0.223 e. The van der Waals surface area contributed by atoms with E-state index in [9.17, 15) is 9.59 Å². The minimum Gasteiger partial charge on any atom is -0.377 e. The summed E-state index contributed by atoms with van der Waals surface area (Å²) in [6.45, 7) is 4.91. The lowest BCUT2D eigenvalue weighted by Crippen LogP contribution is -2.45. The van der Waals surface area contributed by atoms with E-state index in [1.165, 1.54) is 0 Å². The molecule has 0 aromatic heterocycles. The van der Waals surface area contributed by atoms with Gasteiger partial charge in [0.1, 0.15) is 12.2 Å². The number of carbonyl (C=O) groups is 2. The van der Waals surface area contributed by atoms with Gasteiger partial charge in [-0.05, 0) is 20.3 Å². The van der Waals surface area contributed by atoms with E-state index in [1.54, 1.807) is 19.1 Å². The standard InChI is InChI=1S/C16H28N2O4/c1-12(2)17-15(19)8-9-16(20)18-10-6-5-7-13(21-3)14(11-18)22-4/h5,7,12-14H,6,8-11H2,1-4H3,(H,17,19)/b7-5-/t13-,14-/m0/s1. The van der Waals surface area contributed by atoms with Crippen LogP contribution >= 0.6 is 0 Å². The van der Waals surface area contributed by atoms with Gasteiger partial charge in [-0.3, -0.25) is 9.59 Å². The van der Waals surface area contributed by atoms with Crippen molar-refractivity contribution in [2.24, 2.45) is 0 Å². The van der Waals surface area contributed by atoms with Gasteiger partial charge in [0.2, 0.25) is 11.8 Å². The average Bonchev–Trinajstić information content (AvgIpc) is 2.44. The van der Waals surface area contributed by atoms with Crippen LogP contribution in [-0.4, -0.2) is 62.3 Å². The number of hydrogen-bond donors (Lipinski definition) is 1. The van der Waals surface area contributed by atoms with Crippen molar-refractivity contribution in [1.29, 1.82) is 0 Å². The number of amides is 2. The third-order valence-electron chi connectivity index (χ3n) is 3.60. The van der Waals surface area contributed by atoms with Gasteiger partial charge >= 0.3 is 0 Å². The van der Waals surface area contributed by atoms with Crippen molar-refractivity contribution in [3.63, 3.8) is 0 Å². The van der Waals surface area contributed by atoms with Crippen LogP contribution in [-0.2, 0) is 19.1 Å². The Kier molecular flexibility index (Phi) is 8.12. The fourth-order valence-electron chi connectivity index (χ4n) is 2.44. The molecule has 126 valence electrons. The van der Waals surface area contributed by atoms with Gasteiger partial charge in [0.15, 0.2) is 0 Å². The zero-order valence-electron chi connectivity index (χ0n) is 14.0. The van der Waals surface area contributed by atoms with Crippen LogP contribution in [0.15, 0.2) is 12.2 Å². The summed E-state index contributed by atoms with van der Waals surface area (Å²) in [6, 6.07) is 0.0924. The lowest BCUT2D eigenvalue weighted by Gasteiger charge is -2.31. The fraction of sp³-hybridized carbons (Fsp3) is 0.750. The second-order valence-corrected chi connectivity index (χ2v) is 5.75. The smallest absolute Gasteiger partial charge is 0.223 e. The van der Waals surface area contributed by atoms with Crippen molar-refractivity contribution in [3.8, 4) is 0 Å². The van der Waals surface area contributed by atoms with E-state index in [1.807, 2.05) is 26.0 Å². The molecule has 1 rings (SSSR count). The normalized spacial score (nSPS) is 23.8. The molecule has 0 spiro atoms. The summed E-state index contributed by atoms with van der Waals surface area (Å²) in [4.78, 5) is 25.7.